The standard InChI is InChI=1S/C23H41NO2Si/c1-10-16-23(25,20-14-12-11-13-15-20)17-18-24-19(2)22(6,7)26-27(8,9)21(3,4)5/h10-15,19,24-25H,1,16-18H2,2-9H3. The minimum absolute atomic E-state index is 0.176. The van der Waals surface area contributed by atoms with Crippen molar-refractivity contribution in [2.24, 2.45) is 0 Å². The molecule has 0 saturated carbocycles. The van der Waals surface area contributed by atoms with E-state index in [0.717, 1.165) is 5.56 Å². The molecule has 0 aromatic heterocycles. The molecule has 4 heteroatoms. The van der Waals surface area contributed by atoms with E-state index in [2.05, 4.69) is 66.5 Å². The molecule has 2 N–H and O–H groups in total. The van der Waals surface area contributed by atoms with E-state index in [4.69, 9.17) is 4.43 Å². The van der Waals surface area contributed by atoms with Crippen LogP contribution >= 0.6 is 0 Å². The van der Waals surface area contributed by atoms with Crippen LogP contribution in [0.2, 0.25) is 18.1 Å². The maximum atomic E-state index is 11.2. The van der Waals surface area contributed by atoms with E-state index < -0.39 is 13.9 Å². The summed E-state index contributed by atoms with van der Waals surface area (Å²) in [6.07, 6.45) is 2.96. The first-order chi connectivity index (χ1) is 12.3. The molecule has 2 atom stereocenters. The summed E-state index contributed by atoms with van der Waals surface area (Å²) in [7, 11) is -1.85. The molecule has 0 heterocycles. The van der Waals surface area contributed by atoms with E-state index in [1.54, 1.807) is 6.08 Å². The summed E-state index contributed by atoms with van der Waals surface area (Å²) >= 11 is 0. The van der Waals surface area contributed by atoms with Crippen molar-refractivity contribution in [2.45, 2.75) is 89.8 Å². The van der Waals surface area contributed by atoms with Crippen LogP contribution in [0.1, 0.15) is 59.9 Å². The molecule has 1 rings (SSSR count). The van der Waals surface area contributed by atoms with Crippen LogP contribution in [0.25, 0.3) is 0 Å². The average molecular weight is 392 g/mol. The number of rotatable bonds is 10. The van der Waals surface area contributed by atoms with Crippen molar-refractivity contribution < 1.29 is 9.53 Å². The van der Waals surface area contributed by atoms with Gasteiger partial charge < -0.3 is 14.8 Å². The van der Waals surface area contributed by atoms with Crippen LogP contribution in [0.4, 0.5) is 0 Å². The minimum Gasteiger partial charge on any atom is -0.410 e. The first-order valence-electron chi connectivity index (χ1n) is 10.1. The van der Waals surface area contributed by atoms with Crippen LogP contribution in [0.3, 0.4) is 0 Å². The molecule has 0 saturated heterocycles. The highest BCUT2D eigenvalue weighted by Crippen LogP contribution is 2.39. The Kier molecular flexibility index (Phi) is 8.07. The van der Waals surface area contributed by atoms with Gasteiger partial charge in [-0.3, -0.25) is 0 Å². The van der Waals surface area contributed by atoms with Gasteiger partial charge in [-0.2, -0.15) is 0 Å². The van der Waals surface area contributed by atoms with E-state index >= 15 is 0 Å². The molecule has 0 aliphatic heterocycles. The summed E-state index contributed by atoms with van der Waals surface area (Å²) in [5.41, 5.74) is -0.219. The molecule has 154 valence electrons. The topological polar surface area (TPSA) is 41.5 Å². The minimum atomic E-state index is -1.85. The Hall–Kier alpha value is -0.943. The zero-order chi connectivity index (χ0) is 20.9. The SMILES string of the molecule is C=CCC(O)(CCNC(C)C(C)(C)O[Si](C)(C)C(C)(C)C)c1ccccc1. The van der Waals surface area contributed by atoms with Crippen molar-refractivity contribution in [3.05, 3.63) is 48.6 Å². The fourth-order valence-corrected chi connectivity index (χ4v) is 4.79. The van der Waals surface area contributed by atoms with Crippen LogP contribution in [-0.2, 0) is 10.0 Å². The molecule has 0 fully saturated rings. The molecule has 2 unspecified atom stereocenters. The van der Waals surface area contributed by atoms with Crippen LogP contribution in [-0.4, -0.2) is 31.6 Å². The van der Waals surface area contributed by atoms with Gasteiger partial charge in [0.2, 0.25) is 0 Å². The first-order valence-corrected chi connectivity index (χ1v) is 13.0. The molecule has 0 aliphatic carbocycles. The predicted octanol–water partition coefficient (Wildman–Crippen LogP) is 5.62. The lowest BCUT2D eigenvalue weighted by Gasteiger charge is -2.45. The molecular weight excluding hydrogens is 350 g/mol. The number of nitrogens with one attached hydrogen (secondary N) is 1. The number of hydrogen-bond donors (Lipinski definition) is 2. The van der Waals surface area contributed by atoms with Gasteiger partial charge in [0, 0.05) is 6.04 Å². The second-order valence-electron chi connectivity index (χ2n) is 9.78. The summed E-state index contributed by atoms with van der Waals surface area (Å²) in [5, 5.41) is 14.9. The van der Waals surface area contributed by atoms with Crippen LogP contribution in [0.5, 0.6) is 0 Å². The Labute approximate surface area is 168 Å². The van der Waals surface area contributed by atoms with Gasteiger partial charge in [-0.15, -0.1) is 6.58 Å². The summed E-state index contributed by atoms with van der Waals surface area (Å²) in [4.78, 5) is 0. The van der Waals surface area contributed by atoms with E-state index in [0.29, 0.717) is 19.4 Å². The maximum Gasteiger partial charge on any atom is 0.192 e. The van der Waals surface area contributed by atoms with Crippen molar-refractivity contribution in [3.63, 3.8) is 0 Å². The fraction of sp³-hybridized carbons (Fsp3) is 0.652. The molecule has 1 aromatic rings. The number of benzene rings is 1. The van der Waals surface area contributed by atoms with Gasteiger partial charge in [-0.25, -0.2) is 0 Å². The van der Waals surface area contributed by atoms with Gasteiger partial charge >= 0.3 is 0 Å². The Morgan fingerprint density at radius 1 is 1.15 bits per heavy atom. The lowest BCUT2D eigenvalue weighted by molar-refractivity contribution is 0.0222. The number of aliphatic hydroxyl groups is 1. The van der Waals surface area contributed by atoms with E-state index in [1.165, 1.54) is 0 Å². The highest BCUT2D eigenvalue weighted by Gasteiger charge is 2.43. The fourth-order valence-electron chi connectivity index (χ4n) is 2.99. The van der Waals surface area contributed by atoms with E-state index in [-0.39, 0.29) is 16.7 Å². The second kappa shape index (κ2) is 9.04. The van der Waals surface area contributed by atoms with E-state index in [9.17, 15) is 5.11 Å². The smallest absolute Gasteiger partial charge is 0.192 e. The van der Waals surface area contributed by atoms with Gasteiger partial charge in [0.05, 0.1) is 11.2 Å². The van der Waals surface area contributed by atoms with Gasteiger partial charge in [-0.1, -0.05) is 57.2 Å². The third-order valence-corrected chi connectivity index (χ3v) is 10.8. The van der Waals surface area contributed by atoms with Crippen molar-refractivity contribution in [3.8, 4) is 0 Å². The van der Waals surface area contributed by atoms with Crippen LogP contribution in [0.15, 0.2) is 43.0 Å². The van der Waals surface area contributed by atoms with Crippen LogP contribution in [0, 0.1) is 0 Å². The molecule has 0 aliphatic rings. The van der Waals surface area contributed by atoms with Gasteiger partial charge in [0.15, 0.2) is 8.32 Å². The van der Waals surface area contributed by atoms with Crippen molar-refractivity contribution in [1.29, 1.82) is 0 Å². The summed E-state index contributed by atoms with van der Waals surface area (Å²) in [6.45, 7) is 22.4. The molecule has 3 nitrogen and oxygen atoms in total. The summed E-state index contributed by atoms with van der Waals surface area (Å²) < 4.78 is 6.66. The molecule has 0 radical (unpaired) electrons. The Bertz CT molecular complexity index is 592. The van der Waals surface area contributed by atoms with Gasteiger partial charge in [0.25, 0.3) is 0 Å². The van der Waals surface area contributed by atoms with Gasteiger partial charge in [-0.05, 0) is 63.9 Å². The van der Waals surface area contributed by atoms with Crippen molar-refractivity contribution >= 4 is 8.32 Å². The second-order valence-corrected chi connectivity index (χ2v) is 14.5. The maximum absolute atomic E-state index is 11.2. The monoisotopic (exact) mass is 391 g/mol. The van der Waals surface area contributed by atoms with Crippen molar-refractivity contribution in [2.75, 3.05) is 6.54 Å². The normalized spacial score (nSPS) is 16.6. The zero-order valence-electron chi connectivity index (χ0n) is 18.7. The molecule has 0 spiro atoms. The molecule has 0 amide bonds. The largest absolute Gasteiger partial charge is 0.410 e. The Morgan fingerprint density at radius 3 is 2.19 bits per heavy atom. The van der Waals surface area contributed by atoms with Crippen LogP contribution < -0.4 is 5.32 Å². The quantitative estimate of drug-likeness (QED) is 0.402. The third kappa shape index (κ3) is 6.56. The highest BCUT2D eigenvalue weighted by atomic mass is 28.4. The van der Waals surface area contributed by atoms with E-state index in [1.807, 2.05) is 30.3 Å². The zero-order valence-corrected chi connectivity index (χ0v) is 19.7. The van der Waals surface area contributed by atoms with Gasteiger partial charge in [0.1, 0.15) is 0 Å². The van der Waals surface area contributed by atoms with Crippen molar-refractivity contribution in [1.82, 2.24) is 5.32 Å². The lowest BCUT2D eigenvalue weighted by atomic mass is 9.87. The molecular formula is C23H41NO2Si. The Morgan fingerprint density at radius 2 is 1.70 bits per heavy atom. The summed E-state index contributed by atoms with van der Waals surface area (Å²) in [6, 6.07) is 10.1. The molecule has 0 bridgehead atoms. The molecule has 27 heavy (non-hydrogen) atoms. The summed E-state index contributed by atoms with van der Waals surface area (Å²) in [5.74, 6) is 0. The predicted molar refractivity (Wildman–Crippen MR) is 120 cm³/mol. The Balaban J connectivity index is 2.74. The lowest BCUT2D eigenvalue weighted by Crippen LogP contribution is -2.55. The highest BCUT2D eigenvalue weighted by molar-refractivity contribution is 6.74. The number of hydrogen-bond acceptors (Lipinski definition) is 3. The first kappa shape index (κ1) is 24.1. The average Bonchev–Trinajstić information content (AvgIpc) is 2.53. The third-order valence-electron chi connectivity index (χ3n) is 6.15. The molecule has 1 aromatic carbocycles.